The van der Waals surface area contributed by atoms with Gasteiger partial charge in [-0.25, -0.2) is 12.8 Å². The lowest BCUT2D eigenvalue weighted by Gasteiger charge is -2.24. The van der Waals surface area contributed by atoms with Gasteiger partial charge in [0.1, 0.15) is 23.4 Å². The molecule has 0 saturated carbocycles. The second kappa shape index (κ2) is 8.49. The van der Waals surface area contributed by atoms with Gasteiger partial charge in [-0.05, 0) is 37.5 Å². The topological polar surface area (TPSA) is 136 Å². The summed E-state index contributed by atoms with van der Waals surface area (Å²) < 4.78 is 45.5. The lowest BCUT2D eigenvalue weighted by atomic mass is 10.1. The van der Waals surface area contributed by atoms with Crippen LogP contribution in [0, 0.1) is 17.1 Å². The molecule has 2 saturated heterocycles. The van der Waals surface area contributed by atoms with Crippen LogP contribution in [-0.4, -0.2) is 54.9 Å². The molecule has 1 aromatic carbocycles. The first kappa shape index (κ1) is 21.4. The van der Waals surface area contributed by atoms with Crippen molar-refractivity contribution in [3.8, 4) is 6.07 Å². The van der Waals surface area contributed by atoms with Crippen LogP contribution >= 0.6 is 0 Å². The van der Waals surface area contributed by atoms with Gasteiger partial charge in [0.05, 0.1) is 22.4 Å². The zero-order valence-electron chi connectivity index (χ0n) is 17.6. The molecule has 0 radical (unpaired) electrons. The third-order valence-corrected chi connectivity index (χ3v) is 7.64. The summed E-state index contributed by atoms with van der Waals surface area (Å²) in [5.74, 6) is 0.0832. The molecule has 0 amide bonds. The van der Waals surface area contributed by atoms with Gasteiger partial charge >= 0.3 is 0 Å². The van der Waals surface area contributed by atoms with Crippen LogP contribution in [0.15, 0.2) is 24.4 Å². The Morgan fingerprint density at radius 3 is 2.79 bits per heavy atom. The fraction of sp³-hybridized carbons (Fsp3) is 0.381. The molecule has 3 N–H and O–H groups in total. The number of H-pyrrole nitrogens is 1. The van der Waals surface area contributed by atoms with E-state index >= 15 is 0 Å². The number of ether oxygens (including phenoxy) is 1. The monoisotopic (exact) mass is 471 g/mol. The summed E-state index contributed by atoms with van der Waals surface area (Å²) in [6, 6.07) is 6.53. The van der Waals surface area contributed by atoms with E-state index in [9.17, 15) is 18.1 Å². The summed E-state index contributed by atoms with van der Waals surface area (Å²) in [4.78, 5) is 12.0. The number of nitrogens with one attached hydrogen (secondary N) is 3. The Kier molecular flexibility index (Phi) is 5.51. The zero-order chi connectivity index (χ0) is 23.0. The van der Waals surface area contributed by atoms with E-state index in [-0.39, 0.29) is 30.0 Å². The lowest BCUT2D eigenvalue weighted by Crippen LogP contribution is -2.28. The van der Waals surface area contributed by atoms with Crippen LogP contribution in [0.25, 0.3) is 11.0 Å². The van der Waals surface area contributed by atoms with E-state index in [1.807, 2.05) is 0 Å². The van der Waals surface area contributed by atoms with Crippen LogP contribution in [0.3, 0.4) is 0 Å². The minimum atomic E-state index is -3.48. The highest BCUT2D eigenvalue weighted by atomic mass is 32.2. The number of hydrogen-bond acceptors (Lipinski definition) is 8. The van der Waals surface area contributed by atoms with Crippen molar-refractivity contribution in [1.82, 2.24) is 15.0 Å². The van der Waals surface area contributed by atoms with Gasteiger partial charge in [-0.15, -0.1) is 0 Å². The number of anilines is 4. The van der Waals surface area contributed by atoms with E-state index in [1.165, 1.54) is 12.1 Å². The molecule has 2 aromatic heterocycles. The first-order valence-corrected chi connectivity index (χ1v) is 12.3. The quantitative estimate of drug-likeness (QED) is 0.517. The minimum Gasteiger partial charge on any atom is -0.381 e. The van der Waals surface area contributed by atoms with E-state index in [1.54, 1.807) is 12.3 Å². The summed E-state index contributed by atoms with van der Waals surface area (Å²) in [5.41, 5.74) is 1.29. The van der Waals surface area contributed by atoms with Crippen LogP contribution in [-0.2, 0) is 14.8 Å². The van der Waals surface area contributed by atoms with Crippen LogP contribution < -0.4 is 14.9 Å². The van der Waals surface area contributed by atoms with Crippen molar-refractivity contribution >= 4 is 44.2 Å². The summed E-state index contributed by atoms with van der Waals surface area (Å²) >= 11 is 0. The summed E-state index contributed by atoms with van der Waals surface area (Å²) in [6.07, 6.45) is 3.67. The standard InChI is InChI=1S/C21H22FN7O3S/c22-16-10-15(2-3-17(16)29-6-1-9-33(29,30)31)26-21-27-19-18(13(11-23)12-24-19)20(28-21)25-14-4-7-32-8-5-14/h2-3,10,12,14H,1,4-9H2,(H3,24,25,26,27,28). The number of halogens is 1. The molecule has 12 heteroatoms. The van der Waals surface area contributed by atoms with E-state index in [4.69, 9.17) is 4.74 Å². The van der Waals surface area contributed by atoms with E-state index < -0.39 is 15.8 Å². The number of nitrogens with zero attached hydrogens (tertiary/aromatic N) is 4. The Bertz CT molecular complexity index is 1350. The molecule has 0 atom stereocenters. The summed E-state index contributed by atoms with van der Waals surface area (Å²) in [7, 11) is -3.48. The molecule has 33 heavy (non-hydrogen) atoms. The van der Waals surface area contributed by atoms with E-state index in [0.717, 1.165) is 17.1 Å². The normalized spacial score (nSPS) is 18.4. The van der Waals surface area contributed by atoms with Gasteiger partial charge in [0.2, 0.25) is 16.0 Å². The predicted molar refractivity (Wildman–Crippen MR) is 121 cm³/mol. The number of sulfonamides is 1. The Hall–Kier alpha value is -3.43. The third kappa shape index (κ3) is 4.17. The molecule has 2 aliphatic heterocycles. The highest BCUT2D eigenvalue weighted by Gasteiger charge is 2.30. The van der Waals surface area contributed by atoms with Crippen molar-refractivity contribution in [3.05, 3.63) is 35.8 Å². The van der Waals surface area contributed by atoms with Crippen LogP contribution in [0.2, 0.25) is 0 Å². The molecule has 2 aliphatic rings. The maximum Gasteiger partial charge on any atom is 0.235 e. The van der Waals surface area contributed by atoms with Crippen LogP contribution in [0.4, 0.5) is 27.5 Å². The van der Waals surface area contributed by atoms with Gasteiger partial charge in [0.15, 0.2) is 0 Å². The maximum atomic E-state index is 14.8. The Balaban J connectivity index is 1.45. The van der Waals surface area contributed by atoms with Crippen LogP contribution in [0.5, 0.6) is 0 Å². The van der Waals surface area contributed by atoms with Gasteiger partial charge in [0.25, 0.3) is 0 Å². The van der Waals surface area contributed by atoms with Crippen molar-refractivity contribution in [2.24, 2.45) is 0 Å². The SMILES string of the molecule is N#Cc1c[nH]c2nc(Nc3ccc(N4CCCS4(=O)=O)c(F)c3)nc(NC3CCOCC3)c12. The molecule has 2 fully saturated rings. The van der Waals surface area contributed by atoms with Crippen molar-refractivity contribution in [3.63, 3.8) is 0 Å². The summed E-state index contributed by atoms with van der Waals surface area (Å²) in [6.45, 7) is 1.56. The smallest absolute Gasteiger partial charge is 0.235 e. The first-order valence-electron chi connectivity index (χ1n) is 10.6. The van der Waals surface area contributed by atoms with Crippen molar-refractivity contribution in [2.75, 3.05) is 40.5 Å². The van der Waals surface area contributed by atoms with Gasteiger partial charge < -0.3 is 20.4 Å². The predicted octanol–water partition coefficient (Wildman–Crippen LogP) is 2.84. The average Bonchev–Trinajstić information content (AvgIpc) is 3.37. The number of aromatic nitrogens is 3. The minimum absolute atomic E-state index is 0.0179. The third-order valence-electron chi connectivity index (χ3n) is 5.79. The summed E-state index contributed by atoms with van der Waals surface area (Å²) in [5, 5.41) is 16.4. The Morgan fingerprint density at radius 1 is 1.27 bits per heavy atom. The van der Waals surface area contributed by atoms with Gasteiger partial charge in [-0.2, -0.15) is 15.2 Å². The van der Waals surface area contributed by atoms with Gasteiger partial charge in [-0.1, -0.05) is 0 Å². The molecule has 3 aromatic rings. The highest BCUT2D eigenvalue weighted by molar-refractivity contribution is 7.93. The molecule has 0 unspecified atom stereocenters. The van der Waals surface area contributed by atoms with E-state index in [2.05, 4.69) is 31.7 Å². The molecular weight excluding hydrogens is 449 g/mol. The molecule has 4 heterocycles. The molecule has 5 rings (SSSR count). The van der Waals surface area contributed by atoms with E-state index in [0.29, 0.717) is 47.7 Å². The van der Waals surface area contributed by atoms with Crippen molar-refractivity contribution in [2.45, 2.75) is 25.3 Å². The molecule has 0 bridgehead atoms. The Morgan fingerprint density at radius 2 is 2.09 bits per heavy atom. The van der Waals surface area contributed by atoms with Crippen LogP contribution in [0.1, 0.15) is 24.8 Å². The number of hydrogen-bond donors (Lipinski definition) is 3. The van der Waals surface area contributed by atoms with Crippen molar-refractivity contribution in [1.29, 1.82) is 5.26 Å². The molecule has 0 spiro atoms. The number of benzene rings is 1. The maximum absolute atomic E-state index is 14.8. The fourth-order valence-corrected chi connectivity index (χ4v) is 5.71. The first-order chi connectivity index (χ1) is 15.9. The lowest BCUT2D eigenvalue weighted by molar-refractivity contribution is 0.0904. The van der Waals surface area contributed by atoms with Gasteiger partial charge in [-0.3, -0.25) is 4.31 Å². The average molecular weight is 472 g/mol. The number of nitriles is 1. The zero-order valence-corrected chi connectivity index (χ0v) is 18.5. The molecular formula is C21H22FN7O3S. The number of fused-ring (bicyclic) bond motifs is 1. The second-order valence-electron chi connectivity index (χ2n) is 8.00. The molecule has 172 valence electrons. The fourth-order valence-electron chi connectivity index (χ4n) is 4.14. The Labute approximate surface area is 189 Å². The molecule has 10 nitrogen and oxygen atoms in total. The largest absolute Gasteiger partial charge is 0.381 e. The highest BCUT2D eigenvalue weighted by Crippen LogP contribution is 2.31. The molecule has 0 aliphatic carbocycles. The number of rotatable bonds is 5. The number of aromatic amines is 1. The van der Waals surface area contributed by atoms with Crippen molar-refractivity contribution < 1.29 is 17.5 Å². The second-order valence-corrected chi connectivity index (χ2v) is 10.0. The van der Waals surface area contributed by atoms with Gasteiger partial charge in [0, 0.05) is 37.7 Å².